The Labute approximate surface area is 176 Å². The number of carbonyl (C=O) groups excluding carboxylic acids is 2. The molecule has 1 saturated heterocycles. The molecule has 2 amide bonds. The van der Waals surface area contributed by atoms with Gasteiger partial charge in [0.1, 0.15) is 5.82 Å². The molecule has 0 spiro atoms. The van der Waals surface area contributed by atoms with Gasteiger partial charge in [-0.15, -0.1) is 0 Å². The van der Waals surface area contributed by atoms with Crippen LogP contribution in [-0.4, -0.2) is 72.6 Å². The number of fused-ring (bicyclic) bond motifs is 1. The fourth-order valence-electron chi connectivity index (χ4n) is 3.16. The van der Waals surface area contributed by atoms with E-state index in [4.69, 9.17) is 16.3 Å². The van der Waals surface area contributed by atoms with E-state index in [1.165, 1.54) is 34.1 Å². The quantitative estimate of drug-likeness (QED) is 0.634. The number of halogens is 1. The van der Waals surface area contributed by atoms with E-state index in [-0.39, 0.29) is 34.5 Å². The van der Waals surface area contributed by atoms with Crippen LogP contribution in [-0.2, 0) is 4.79 Å². The van der Waals surface area contributed by atoms with Crippen LogP contribution in [0.25, 0.3) is 16.9 Å². The van der Waals surface area contributed by atoms with Crippen LogP contribution < -0.4 is 4.74 Å². The van der Waals surface area contributed by atoms with E-state index in [1.807, 2.05) is 0 Å². The number of ether oxygens (including phenoxy) is 1. The first-order valence-corrected chi connectivity index (χ1v) is 9.42. The zero-order valence-corrected chi connectivity index (χ0v) is 16.5. The van der Waals surface area contributed by atoms with Crippen LogP contribution in [0.2, 0.25) is 5.02 Å². The van der Waals surface area contributed by atoms with Gasteiger partial charge >= 0.3 is 6.09 Å². The standard InChI is InChI=1S/C19H17ClN6O4/c1-2-14(27)24-7-9-25(10-8-24)19(29)30-18-16-15(21-5-6-22-16)17(28)26(18)13-4-3-12(20)11-23-13/h2-6,11,28H,1,7-10H2. The van der Waals surface area contributed by atoms with Crippen LogP contribution in [0.5, 0.6) is 11.8 Å². The zero-order chi connectivity index (χ0) is 21.3. The lowest BCUT2D eigenvalue weighted by Crippen LogP contribution is -2.51. The number of carbonyl (C=O) groups is 2. The SMILES string of the molecule is C=CC(=O)N1CCN(C(=O)Oc2c3nccnc3c(O)n2-c2ccc(Cl)cn2)CC1. The predicted octanol–water partition coefficient (Wildman–Crippen LogP) is 2.00. The molecule has 4 rings (SSSR count). The normalized spacial score (nSPS) is 14.0. The molecule has 3 aromatic heterocycles. The average Bonchev–Trinajstić information content (AvgIpc) is 3.05. The Morgan fingerprint density at radius 3 is 2.37 bits per heavy atom. The summed E-state index contributed by atoms with van der Waals surface area (Å²) in [5.41, 5.74) is 0.374. The topological polar surface area (TPSA) is 114 Å². The third-order valence-corrected chi connectivity index (χ3v) is 4.90. The monoisotopic (exact) mass is 428 g/mol. The van der Waals surface area contributed by atoms with E-state index < -0.39 is 6.09 Å². The molecule has 0 unspecified atom stereocenters. The summed E-state index contributed by atoms with van der Waals surface area (Å²) in [6, 6.07) is 3.16. The maximum atomic E-state index is 12.8. The third-order valence-electron chi connectivity index (χ3n) is 4.68. The molecule has 0 saturated carbocycles. The summed E-state index contributed by atoms with van der Waals surface area (Å²) >= 11 is 5.90. The molecule has 1 aliphatic rings. The Bertz CT molecular complexity index is 1120. The number of aromatic hydroxyl groups is 1. The Hall–Kier alpha value is -3.66. The van der Waals surface area contributed by atoms with Crippen LogP contribution >= 0.6 is 11.6 Å². The van der Waals surface area contributed by atoms with Crippen molar-refractivity contribution in [1.29, 1.82) is 0 Å². The first-order valence-electron chi connectivity index (χ1n) is 9.04. The first-order chi connectivity index (χ1) is 14.5. The predicted molar refractivity (Wildman–Crippen MR) is 108 cm³/mol. The van der Waals surface area contributed by atoms with Crippen LogP contribution in [0.1, 0.15) is 0 Å². The lowest BCUT2D eigenvalue weighted by molar-refractivity contribution is -0.127. The second-order valence-electron chi connectivity index (χ2n) is 6.44. The highest BCUT2D eigenvalue weighted by molar-refractivity contribution is 6.30. The zero-order valence-electron chi connectivity index (χ0n) is 15.7. The largest absolute Gasteiger partial charge is 0.493 e. The lowest BCUT2D eigenvalue weighted by atomic mass is 10.3. The van der Waals surface area contributed by atoms with E-state index in [0.29, 0.717) is 31.2 Å². The summed E-state index contributed by atoms with van der Waals surface area (Å²) in [5, 5.41) is 11.1. The molecule has 154 valence electrons. The van der Waals surface area contributed by atoms with Crippen LogP contribution in [0.4, 0.5) is 4.79 Å². The maximum absolute atomic E-state index is 12.8. The van der Waals surface area contributed by atoms with Gasteiger partial charge in [0.2, 0.25) is 17.7 Å². The molecule has 0 aliphatic carbocycles. The van der Waals surface area contributed by atoms with E-state index in [2.05, 4.69) is 21.5 Å². The summed E-state index contributed by atoms with van der Waals surface area (Å²) < 4.78 is 6.86. The van der Waals surface area contributed by atoms with Gasteiger partial charge in [0.15, 0.2) is 11.0 Å². The van der Waals surface area contributed by atoms with Gasteiger partial charge in [-0.2, -0.15) is 0 Å². The minimum absolute atomic E-state index is 0.0139. The Morgan fingerprint density at radius 1 is 1.07 bits per heavy atom. The van der Waals surface area contributed by atoms with Crippen molar-refractivity contribution in [2.75, 3.05) is 26.2 Å². The minimum Gasteiger partial charge on any atom is -0.493 e. The summed E-state index contributed by atoms with van der Waals surface area (Å²) in [6.45, 7) is 4.80. The number of pyridine rings is 1. The summed E-state index contributed by atoms with van der Waals surface area (Å²) in [7, 11) is 0. The first kappa shape index (κ1) is 19.6. The molecule has 1 aliphatic heterocycles. The highest BCUT2D eigenvalue weighted by Gasteiger charge is 2.28. The molecule has 30 heavy (non-hydrogen) atoms. The summed E-state index contributed by atoms with van der Waals surface area (Å²) in [6.07, 6.45) is 4.86. The fraction of sp³-hybridized carbons (Fsp3) is 0.211. The third kappa shape index (κ3) is 3.52. The smallest absolute Gasteiger partial charge is 0.416 e. The van der Waals surface area contributed by atoms with Crippen molar-refractivity contribution in [2.45, 2.75) is 0 Å². The van der Waals surface area contributed by atoms with Crippen molar-refractivity contribution < 1.29 is 19.4 Å². The molecular weight excluding hydrogens is 412 g/mol. The Kier molecular flexibility index (Phi) is 5.23. The molecule has 10 nitrogen and oxygen atoms in total. The van der Waals surface area contributed by atoms with Gasteiger partial charge in [-0.05, 0) is 18.2 Å². The fourth-order valence-corrected chi connectivity index (χ4v) is 3.27. The number of rotatable bonds is 3. The Balaban J connectivity index is 1.65. The highest BCUT2D eigenvalue weighted by atomic mass is 35.5. The number of hydrogen-bond acceptors (Lipinski definition) is 7. The number of piperazine rings is 1. The summed E-state index contributed by atoms with van der Waals surface area (Å²) in [4.78, 5) is 40.1. The van der Waals surface area contributed by atoms with E-state index in [0.717, 1.165) is 0 Å². The highest BCUT2D eigenvalue weighted by Crippen LogP contribution is 2.37. The van der Waals surface area contributed by atoms with E-state index >= 15 is 0 Å². The Morgan fingerprint density at radius 2 is 1.73 bits per heavy atom. The number of hydrogen-bond donors (Lipinski definition) is 1. The molecule has 0 atom stereocenters. The minimum atomic E-state index is -0.638. The molecule has 3 aromatic rings. The van der Waals surface area contributed by atoms with Crippen LogP contribution in [0.3, 0.4) is 0 Å². The second kappa shape index (κ2) is 7.99. The van der Waals surface area contributed by atoms with Gasteiger partial charge < -0.3 is 19.6 Å². The number of aromatic nitrogens is 4. The van der Waals surface area contributed by atoms with E-state index in [9.17, 15) is 14.7 Å². The van der Waals surface area contributed by atoms with Gasteiger partial charge in [0.05, 0.1) is 5.02 Å². The van der Waals surface area contributed by atoms with Crippen molar-refractivity contribution in [3.63, 3.8) is 0 Å². The van der Waals surface area contributed by atoms with Gasteiger partial charge in [-0.25, -0.2) is 24.3 Å². The van der Waals surface area contributed by atoms with Crippen molar-refractivity contribution in [1.82, 2.24) is 29.3 Å². The van der Waals surface area contributed by atoms with Crippen LogP contribution in [0.15, 0.2) is 43.4 Å². The molecule has 0 bridgehead atoms. The summed E-state index contributed by atoms with van der Waals surface area (Å²) in [5.74, 6) is -0.185. The molecule has 1 N–H and O–H groups in total. The van der Waals surface area contributed by atoms with Crippen LogP contribution in [0, 0.1) is 0 Å². The van der Waals surface area contributed by atoms with Crippen molar-refractivity contribution in [3.05, 3.63) is 48.4 Å². The van der Waals surface area contributed by atoms with Gasteiger partial charge in [-0.1, -0.05) is 18.2 Å². The number of amides is 2. The molecule has 0 radical (unpaired) electrons. The maximum Gasteiger partial charge on any atom is 0.416 e. The number of nitrogens with zero attached hydrogens (tertiary/aromatic N) is 6. The van der Waals surface area contributed by atoms with Crippen molar-refractivity contribution in [3.8, 4) is 17.6 Å². The lowest BCUT2D eigenvalue weighted by Gasteiger charge is -2.33. The molecule has 4 heterocycles. The van der Waals surface area contributed by atoms with Crippen molar-refractivity contribution >= 4 is 34.6 Å². The second-order valence-corrected chi connectivity index (χ2v) is 6.87. The molecule has 0 aromatic carbocycles. The molecule has 11 heteroatoms. The molecule has 1 fully saturated rings. The van der Waals surface area contributed by atoms with Gasteiger partial charge in [-0.3, -0.25) is 4.79 Å². The van der Waals surface area contributed by atoms with E-state index in [1.54, 1.807) is 17.0 Å². The van der Waals surface area contributed by atoms with Gasteiger partial charge in [0, 0.05) is 44.8 Å². The van der Waals surface area contributed by atoms with Crippen molar-refractivity contribution in [2.24, 2.45) is 0 Å². The van der Waals surface area contributed by atoms with Gasteiger partial charge in [0.25, 0.3) is 0 Å². The molecular formula is C19H17ClN6O4. The average molecular weight is 429 g/mol.